The Labute approximate surface area is 178 Å². The minimum absolute atomic E-state index is 0.00160. The molecule has 2 amide bonds. The highest BCUT2D eigenvalue weighted by atomic mass is 35.5. The molecule has 1 saturated carbocycles. The topological polar surface area (TPSA) is 104 Å². The van der Waals surface area contributed by atoms with E-state index in [9.17, 15) is 18.0 Å². The molecule has 2 aromatic carbocycles. The van der Waals surface area contributed by atoms with Crippen molar-refractivity contribution in [1.29, 1.82) is 0 Å². The van der Waals surface area contributed by atoms with Gasteiger partial charge in [0.1, 0.15) is 4.90 Å². The van der Waals surface area contributed by atoms with E-state index in [2.05, 4.69) is 15.4 Å². The van der Waals surface area contributed by atoms with E-state index in [-0.39, 0.29) is 44.9 Å². The Morgan fingerprint density at radius 3 is 2.14 bits per heavy atom. The summed E-state index contributed by atoms with van der Waals surface area (Å²) < 4.78 is 27.5. The molecule has 2 aromatic rings. The highest BCUT2D eigenvalue weighted by Gasteiger charge is 2.38. The standard InChI is InChI=1S/C19H19Cl2N3O4S/c1-11-9-14(11)19(26)22-10-17(25)23-12-5-7-13(8-6-12)24-29(27,28)18-15(20)3-2-4-16(18)21/h2-8,11,14,24H,9-10H2,1H3,(H,22,26)(H,23,25). The Morgan fingerprint density at radius 1 is 1.03 bits per heavy atom. The van der Waals surface area contributed by atoms with Crippen LogP contribution < -0.4 is 15.4 Å². The lowest BCUT2D eigenvalue weighted by Crippen LogP contribution is -2.34. The second-order valence-corrected chi connectivity index (χ2v) is 9.25. The Kier molecular flexibility index (Phi) is 6.36. The Morgan fingerprint density at radius 2 is 1.59 bits per heavy atom. The predicted molar refractivity (Wildman–Crippen MR) is 113 cm³/mol. The van der Waals surface area contributed by atoms with Crippen molar-refractivity contribution < 1.29 is 18.0 Å². The fourth-order valence-corrected chi connectivity index (χ4v) is 4.96. The summed E-state index contributed by atoms with van der Waals surface area (Å²) in [7, 11) is -3.98. The molecule has 0 aliphatic heterocycles. The van der Waals surface area contributed by atoms with Gasteiger partial charge in [0, 0.05) is 17.3 Å². The van der Waals surface area contributed by atoms with Gasteiger partial charge < -0.3 is 10.6 Å². The number of amides is 2. The zero-order valence-corrected chi connectivity index (χ0v) is 17.7. The van der Waals surface area contributed by atoms with Crippen molar-refractivity contribution in [3.8, 4) is 0 Å². The lowest BCUT2D eigenvalue weighted by atomic mass is 10.3. The molecule has 0 saturated heterocycles. The van der Waals surface area contributed by atoms with Crippen molar-refractivity contribution in [2.24, 2.45) is 11.8 Å². The first-order valence-corrected chi connectivity index (χ1v) is 11.1. The molecular formula is C19H19Cl2N3O4S. The summed E-state index contributed by atoms with van der Waals surface area (Å²) in [5, 5.41) is 5.25. The molecule has 0 spiro atoms. The van der Waals surface area contributed by atoms with Crippen LogP contribution in [0.5, 0.6) is 0 Å². The third kappa shape index (κ3) is 5.41. The zero-order valence-electron chi connectivity index (χ0n) is 15.4. The number of carbonyl (C=O) groups is 2. The molecule has 0 bridgehead atoms. The molecule has 0 heterocycles. The first kappa shape index (κ1) is 21.4. The van der Waals surface area contributed by atoms with Crippen LogP contribution in [0.4, 0.5) is 11.4 Å². The molecule has 1 aliphatic carbocycles. The first-order valence-electron chi connectivity index (χ1n) is 8.82. The number of hydrogen-bond acceptors (Lipinski definition) is 4. The Hall–Kier alpha value is -2.29. The van der Waals surface area contributed by atoms with Gasteiger partial charge in [0.2, 0.25) is 11.8 Å². The number of carbonyl (C=O) groups excluding carboxylic acids is 2. The van der Waals surface area contributed by atoms with E-state index in [0.29, 0.717) is 11.6 Å². The quantitative estimate of drug-likeness (QED) is 0.593. The number of halogens is 2. The number of sulfonamides is 1. The Balaban J connectivity index is 1.58. The van der Waals surface area contributed by atoms with Crippen LogP contribution >= 0.6 is 23.2 Å². The van der Waals surface area contributed by atoms with Crippen LogP contribution in [0, 0.1) is 11.8 Å². The molecule has 2 atom stereocenters. The highest BCUT2D eigenvalue weighted by molar-refractivity contribution is 7.93. The molecule has 1 fully saturated rings. The smallest absolute Gasteiger partial charge is 0.264 e. The molecular weight excluding hydrogens is 437 g/mol. The van der Waals surface area contributed by atoms with Crippen molar-refractivity contribution in [1.82, 2.24) is 5.32 Å². The fraction of sp³-hybridized carbons (Fsp3) is 0.263. The minimum Gasteiger partial charge on any atom is -0.347 e. The lowest BCUT2D eigenvalue weighted by Gasteiger charge is -2.12. The van der Waals surface area contributed by atoms with Crippen LogP contribution in [0.15, 0.2) is 47.4 Å². The fourth-order valence-electron chi connectivity index (χ4n) is 2.76. The van der Waals surface area contributed by atoms with E-state index in [4.69, 9.17) is 23.2 Å². The summed E-state index contributed by atoms with van der Waals surface area (Å²) in [6.45, 7) is 1.86. The van der Waals surface area contributed by atoms with E-state index in [1.54, 1.807) is 6.07 Å². The number of benzene rings is 2. The number of anilines is 2. The van der Waals surface area contributed by atoms with Crippen molar-refractivity contribution >= 4 is 56.4 Å². The molecule has 0 aromatic heterocycles. The maximum Gasteiger partial charge on any atom is 0.264 e. The van der Waals surface area contributed by atoms with Gasteiger partial charge in [0.25, 0.3) is 10.0 Å². The first-order chi connectivity index (χ1) is 13.7. The SMILES string of the molecule is CC1CC1C(=O)NCC(=O)Nc1ccc(NS(=O)(=O)c2c(Cl)cccc2Cl)cc1. The van der Waals surface area contributed by atoms with Crippen LogP contribution in [0.25, 0.3) is 0 Å². The van der Waals surface area contributed by atoms with Crippen LogP contribution in [0.2, 0.25) is 10.0 Å². The minimum atomic E-state index is -3.98. The lowest BCUT2D eigenvalue weighted by molar-refractivity contribution is -0.125. The molecule has 3 N–H and O–H groups in total. The van der Waals surface area contributed by atoms with Crippen LogP contribution in [-0.4, -0.2) is 26.8 Å². The average Bonchev–Trinajstić information content (AvgIpc) is 3.37. The zero-order chi connectivity index (χ0) is 21.2. The summed E-state index contributed by atoms with van der Waals surface area (Å²) in [4.78, 5) is 23.5. The molecule has 7 nitrogen and oxygen atoms in total. The molecule has 10 heteroatoms. The van der Waals surface area contributed by atoms with Gasteiger partial charge >= 0.3 is 0 Å². The molecule has 29 heavy (non-hydrogen) atoms. The highest BCUT2D eigenvalue weighted by Crippen LogP contribution is 2.37. The average molecular weight is 456 g/mol. The molecule has 154 valence electrons. The number of hydrogen-bond donors (Lipinski definition) is 3. The molecule has 3 rings (SSSR count). The monoisotopic (exact) mass is 455 g/mol. The van der Waals surface area contributed by atoms with Gasteiger partial charge in [-0.2, -0.15) is 0 Å². The van der Waals surface area contributed by atoms with Gasteiger partial charge in [-0.3, -0.25) is 14.3 Å². The molecule has 0 radical (unpaired) electrons. The second kappa shape index (κ2) is 8.61. The van der Waals surface area contributed by atoms with Crippen molar-refractivity contribution in [3.05, 3.63) is 52.5 Å². The van der Waals surface area contributed by atoms with Gasteiger partial charge in [-0.25, -0.2) is 8.42 Å². The molecule has 2 unspecified atom stereocenters. The van der Waals surface area contributed by atoms with E-state index >= 15 is 0 Å². The maximum atomic E-state index is 12.5. The number of rotatable bonds is 7. The summed E-state index contributed by atoms with van der Waals surface area (Å²) in [6, 6.07) is 10.5. The van der Waals surface area contributed by atoms with Gasteiger partial charge in [0.05, 0.1) is 16.6 Å². The molecule has 1 aliphatic rings. The van der Waals surface area contributed by atoms with Gasteiger partial charge in [-0.15, -0.1) is 0 Å². The van der Waals surface area contributed by atoms with E-state index in [1.165, 1.54) is 36.4 Å². The van der Waals surface area contributed by atoms with E-state index in [0.717, 1.165) is 6.42 Å². The van der Waals surface area contributed by atoms with Crippen LogP contribution in [0.1, 0.15) is 13.3 Å². The van der Waals surface area contributed by atoms with Gasteiger partial charge in [-0.1, -0.05) is 36.2 Å². The predicted octanol–water partition coefficient (Wildman–Crippen LogP) is 3.50. The normalized spacial score (nSPS) is 18.0. The summed E-state index contributed by atoms with van der Waals surface area (Å²) in [6.07, 6.45) is 0.851. The summed E-state index contributed by atoms with van der Waals surface area (Å²) in [5.41, 5.74) is 0.734. The maximum absolute atomic E-state index is 12.5. The van der Waals surface area contributed by atoms with Crippen LogP contribution in [0.3, 0.4) is 0 Å². The van der Waals surface area contributed by atoms with Gasteiger partial charge in [-0.05, 0) is 48.7 Å². The third-order valence-corrected chi connectivity index (χ3v) is 6.81. The number of nitrogens with one attached hydrogen (secondary N) is 3. The van der Waals surface area contributed by atoms with Crippen molar-refractivity contribution in [3.63, 3.8) is 0 Å². The third-order valence-electron chi connectivity index (χ3n) is 4.48. The summed E-state index contributed by atoms with van der Waals surface area (Å²) in [5.74, 6) is -0.116. The second-order valence-electron chi connectivity index (χ2n) is 6.82. The van der Waals surface area contributed by atoms with Gasteiger partial charge in [0.15, 0.2) is 0 Å². The Bertz CT molecular complexity index is 1020. The largest absolute Gasteiger partial charge is 0.347 e. The van der Waals surface area contributed by atoms with Crippen LogP contribution in [-0.2, 0) is 19.6 Å². The van der Waals surface area contributed by atoms with Crippen molar-refractivity contribution in [2.45, 2.75) is 18.2 Å². The van der Waals surface area contributed by atoms with E-state index < -0.39 is 10.0 Å². The van der Waals surface area contributed by atoms with Crippen molar-refractivity contribution in [2.75, 3.05) is 16.6 Å². The summed E-state index contributed by atoms with van der Waals surface area (Å²) >= 11 is 11.9. The van der Waals surface area contributed by atoms with E-state index in [1.807, 2.05) is 6.92 Å².